The summed E-state index contributed by atoms with van der Waals surface area (Å²) in [5, 5.41) is 0.105. The Balaban J connectivity index is 2.65. The third kappa shape index (κ3) is 4.45. The van der Waals surface area contributed by atoms with Gasteiger partial charge in [-0.1, -0.05) is 87.3 Å². The van der Waals surface area contributed by atoms with E-state index in [4.69, 9.17) is 4.74 Å². The highest BCUT2D eigenvalue weighted by Crippen LogP contribution is 2.36. The SMILES string of the molecule is Cc1cc(C)c(C(=O)[Si](C(=O)OCc2ccccc2)([Si](C)(C)C)[Si](C)(C)C)c(C)c1. The summed E-state index contributed by atoms with van der Waals surface area (Å²) < 4.78 is 5.96. The van der Waals surface area contributed by atoms with Gasteiger partial charge in [-0.2, -0.15) is 0 Å². The standard InChI is InChI=1S/C24H36O3Si3/c1-18-15-19(2)22(20(3)16-18)23(25)30(28(4,5)6,29(7,8)9)24(26)27-17-21-13-11-10-12-14-21/h10-16H,17H2,1-9H3. The molecule has 0 saturated carbocycles. The van der Waals surface area contributed by atoms with Gasteiger partial charge < -0.3 is 4.74 Å². The molecule has 0 saturated heterocycles. The van der Waals surface area contributed by atoms with Crippen LogP contribution in [0.5, 0.6) is 0 Å². The number of rotatable bonds is 7. The average Bonchev–Trinajstić information content (AvgIpc) is 2.58. The molecule has 0 aliphatic heterocycles. The Morgan fingerprint density at radius 1 is 0.800 bits per heavy atom. The quantitative estimate of drug-likeness (QED) is 0.445. The van der Waals surface area contributed by atoms with Crippen molar-refractivity contribution in [2.24, 2.45) is 0 Å². The van der Waals surface area contributed by atoms with E-state index in [1.807, 2.05) is 51.1 Å². The Bertz CT molecular complexity index is 901. The van der Waals surface area contributed by atoms with Gasteiger partial charge in [0.25, 0.3) is 5.59 Å². The lowest BCUT2D eigenvalue weighted by Gasteiger charge is -2.45. The molecular weight excluding hydrogens is 421 g/mol. The van der Waals surface area contributed by atoms with Crippen LogP contribution in [0.15, 0.2) is 42.5 Å². The van der Waals surface area contributed by atoms with Gasteiger partial charge in [-0.25, -0.2) is 0 Å². The molecule has 0 N–H and O–H groups in total. The molecule has 0 aliphatic carbocycles. The van der Waals surface area contributed by atoms with E-state index in [9.17, 15) is 9.59 Å². The van der Waals surface area contributed by atoms with Crippen LogP contribution >= 0.6 is 0 Å². The molecule has 0 radical (unpaired) electrons. The molecule has 0 aliphatic rings. The normalized spacial score (nSPS) is 12.6. The minimum atomic E-state index is -3.10. The molecule has 0 atom stereocenters. The Hall–Kier alpha value is -1.77. The van der Waals surface area contributed by atoms with E-state index in [2.05, 4.69) is 51.4 Å². The second kappa shape index (κ2) is 8.77. The van der Waals surface area contributed by atoms with Crippen molar-refractivity contribution in [2.45, 2.75) is 66.7 Å². The predicted molar refractivity (Wildman–Crippen MR) is 134 cm³/mol. The van der Waals surface area contributed by atoms with Crippen molar-refractivity contribution in [1.82, 2.24) is 0 Å². The third-order valence-electron chi connectivity index (χ3n) is 6.01. The van der Waals surface area contributed by atoms with Crippen LogP contribution < -0.4 is 0 Å². The first kappa shape index (κ1) is 24.5. The summed E-state index contributed by atoms with van der Waals surface area (Å²) in [4.78, 5) is 28.3. The van der Waals surface area contributed by atoms with Crippen LogP contribution in [0.25, 0.3) is 0 Å². The van der Waals surface area contributed by atoms with Crippen LogP contribution in [0.3, 0.4) is 0 Å². The monoisotopic (exact) mass is 456 g/mol. The van der Waals surface area contributed by atoms with Crippen LogP contribution in [-0.2, 0) is 11.3 Å². The van der Waals surface area contributed by atoms with Crippen molar-refractivity contribution in [3.05, 3.63) is 70.3 Å². The van der Waals surface area contributed by atoms with Crippen molar-refractivity contribution in [3.63, 3.8) is 0 Å². The lowest BCUT2D eigenvalue weighted by molar-refractivity contribution is 0.106. The zero-order valence-electron chi connectivity index (χ0n) is 20.0. The molecule has 3 nitrogen and oxygen atoms in total. The van der Waals surface area contributed by atoms with E-state index in [1.54, 1.807) is 0 Å². The number of ether oxygens (including phenoxy) is 1. The smallest absolute Gasteiger partial charge is 0.276 e. The summed E-state index contributed by atoms with van der Waals surface area (Å²) in [6.07, 6.45) is 0. The highest BCUT2D eigenvalue weighted by atomic mass is 29.6. The van der Waals surface area contributed by atoms with Gasteiger partial charge in [0.15, 0.2) is 0 Å². The Morgan fingerprint density at radius 2 is 1.27 bits per heavy atom. The number of benzene rings is 2. The van der Waals surface area contributed by atoms with Crippen molar-refractivity contribution in [1.29, 1.82) is 0 Å². The molecule has 6 heteroatoms. The zero-order chi connectivity index (χ0) is 22.9. The van der Waals surface area contributed by atoms with Crippen molar-refractivity contribution in [3.8, 4) is 0 Å². The third-order valence-corrected chi connectivity index (χ3v) is 41.8. The minimum Gasteiger partial charge on any atom is -0.465 e. The molecule has 0 heterocycles. The fourth-order valence-electron chi connectivity index (χ4n) is 5.07. The molecule has 0 fully saturated rings. The summed E-state index contributed by atoms with van der Waals surface area (Å²) in [6, 6.07) is 13.8. The van der Waals surface area contributed by atoms with Gasteiger partial charge in [0.05, 0.1) is 15.2 Å². The molecular formula is C24H36O3Si3. The van der Waals surface area contributed by atoms with Crippen LogP contribution in [0.1, 0.15) is 32.6 Å². The highest BCUT2D eigenvalue weighted by Gasteiger charge is 2.67. The lowest BCUT2D eigenvalue weighted by Crippen LogP contribution is -2.81. The molecule has 2 aromatic rings. The maximum Gasteiger partial charge on any atom is 0.276 e. The Labute approximate surface area is 184 Å². The van der Waals surface area contributed by atoms with E-state index in [0.29, 0.717) is 0 Å². The molecule has 0 spiro atoms. The molecule has 2 rings (SSSR count). The van der Waals surface area contributed by atoms with E-state index in [1.165, 1.54) is 0 Å². The Kier molecular flexibility index (Phi) is 7.16. The maximum atomic E-state index is 14.4. The fourth-order valence-corrected chi connectivity index (χ4v) is 47.1. The molecule has 0 amide bonds. The van der Waals surface area contributed by atoms with Crippen LogP contribution in [0.4, 0.5) is 4.79 Å². The van der Waals surface area contributed by atoms with Crippen molar-refractivity contribution < 1.29 is 14.3 Å². The van der Waals surface area contributed by atoms with Crippen LogP contribution in [-0.4, -0.2) is 33.3 Å². The summed E-state index contributed by atoms with van der Waals surface area (Å²) in [5.74, 6) is 0. The topological polar surface area (TPSA) is 43.4 Å². The van der Waals surface area contributed by atoms with Gasteiger partial charge in [-0.05, 0) is 37.5 Å². The predicted octanol–water partition coefficient (Wildman–Crippen LogP) is 6.53. The molecule has 0 aromatic heterocycles. The first-order chi connectivity index (χ1) is 13.7. The van der Waals surface area contributed by atoms with Crippen LogP contribution in [0.2, 0.25) is 39.3 Å². The highest BCUT2D eigenvalue weighted by molar-refractivity contribution is 7.85. The first-order valence-corrected chi connectivity index (χ1v) is 21.6. The average molecular weight is 457 g/mol. The molecule has 30 heavy (non-hydrogen) atoms. The maximum absolute atomic E-state index is 14.4. The number of hydrogen-bond donors (Lipinski definition) is 0. The number of aryl methyl sites for hydroxylation is 3. The molecule has 0 bridgehead atoms. The fraction of sp³-hybridized carbons (Fsp3) is 0.417. The van der Waals surface area contributed by atoms with E-state index >= 15 is 0 Å². The van der Waals surface area contributed by atoms with Gasteiger partial charge >= 0.3 is 0 Å². The zero-order valence-corrected chi connectivity index (χ0v) is 23.0. The van der Waals surface area contributed by atoms with Gasteiger partial charge in [-0.15, -0.1) is 0 Å². The summed E-state index contributed by atoms with van der Waals surface area (Å²) in [5.41, 5.74) is 4.60. The van der Waals surface area contributed by atoms with Gasteiger partial charge in [0.1, 0.15) is 12.0 Å². The van der Waals surface area contributed by atoms with Crippen molar-refractivity contribution >= 4 is 33.3 Å². The van der Waals surface area contributed by atoms with Gasteiger partial charge in [-0.3, -0.25) is 9.59 Å². The number of carbonyl (C=O) groups excluding carboxylic acids is 2. The largest absolute Gasteiger partial charge is 0.465 e. The molecule has 0 unspecified atom stereocenters. The summed E-state index contributed by atoms with van der Waals surface area (Å²) in [6.45, 7) is 19.4. The van der Waals surface area contributed by atoms with Crippen molar-refractivity contribution in [2.75, 3.05) is 0 Å². The van der Waals surface area contributed by atoms with Gasteiger partial charge in [0.2, 0.25) is 7.11 Å². The molecule has 162 valence electrons. The Morgan fingerprint density at radius 3 is 1.70 bits per heavy atom. The van der Waals surface area contributed by atoms with E-state index in [0.717, 1.165) is 27.8 Å². The lowest BCUT2D eigenvalue weighted by atomic mass is 10.0. The van der Waals surface area contributed by atoms with Gasteiger partial charge in [0, 0.05) is 5.56 Å². The second-order valence-electron chi connectivity index (χ2n) is 10.4. The summed E-state index contributed by atoms with van der Waals surface area (Å²) in [7, 11) is -7.51. The second-order valence-corrected chi connectivity index (χ2v) is 36.8. The number of hydrogen-bond acceptors (Lipinski definition) is 3. The van der Waals surface area contributed by atoms with E-state index in [-0.39, 0.29) is 17.6 Å². The van der Waals surface area contributed by atoms with Crippen LogP contribution in [0, 0.1) is 20.8 Å². The van der Waals surface area contributed by atoms with E-state index < -0.39 is 22.3 Å². The first-order valence-electron chi connectivity index (χ1n) is 10.6. The summed E-state index contributed by atoms with van der Waals surface area (Å²) >= 11 is 0. The minimum absolute atomic E-state index is 0.105. The molecule has 2 aromatic carbocycles. The number of carbonyl (C=O) groups is 2.